The van der Waals surface area contributed by atoms with Crippen LogP contribution >= 0.6 is 0 Å². The van der Waals surface area contributed by atoms with E-state index in [1.54, 1.807) is 6.07 Å². The van der Waals surface area contributed by atoms with E-state index in [1.165, 1.54) is 6.20 Å². The fourth-order valence-corrected chi connectivity index (χ4v) is 1.82. The maximum absolute atomic E-state index is 10.8. The highest BCUT2D eigenvalue weighted by Crippen LogP contribution is 2.17. The lowest BCUT2D eigenvalue weighted by molar-refractivity contribution is -0.0500. The predicted octanol–water partition coefficient (Wildman–Crippen LogP) is 0.987. The molecule has 6 heteroatoms. The molecule has 0 radical (unpaired) electrons. The zero-order valence-electron chi connectivity index (χ0n) is 9.01. The molecule has 3 heterocycles. The molecule has 1 fully saturated rings. The molecule has 0 bridgehead atoms. The first-order valence-electron chi connectivity index (χ1n) is 5.42. The molecule has 0 saturated carbocycles. The Balaban J connectivity index is 1.91. The summed E-state index contributed by atoms with van der Waals surface area (Å²) in [6.07, 6.45) is 3.31. The third kappa shape index (κ3) is 1.87. The highest BCUT2D eigenvalue weighted by Gasteiger charge is 2.20. The van der Waals surface area contributed by atoms with Gasteiger partial charge in [0.2, 0.25) is 0 Å². The molecule has 1 aliphatic heterocycles. The van der Waals surface area contributed by atoms with Crippen LogP contribution < -0.4 is 0 Å². The van der Waals surface area contributed by atoms with Crippen LogP contribution in [0, 0.1) is 0 Å². The van der Waals surface area contributed by atoms with Crippen molar-refractivity contribution in [3.63, 3.8) is 0 Å². The second-order valence-corrected chi connectivity index (χ2v) is 4.07. The van der Waals surface area contributed by atoms with Crippen molar-refractivity contribution in [2.75, 3.05) is 6.61 Å². The molecule has 1 saturated heterocycles. The maximum Gasteiger partial charge on any atom is 0.337 e. The average molecular weight is 233 g/mol. The number of hydrogen-bond donors (Lipinski definition) is 2. The summed E-state index contributed by atoms with van der Waals surface area (Å²) in [5, 5.41) is 8.85. The number of H-pyrrole nitrogens is 1. The van der Waals surface area contributed by atoms with Gasteiger partial charge in [0.25, 0.3) is 0 Å². The molecule has 0 amide bonds. The van der Waals surface area contributed by atoms with Gasteiger partial charge in [0.05, 0.1) is 17.2 Å². The van der Waals surface area contributed by atoms with Crippen LogP contribution in [0.15, 0.2) is 12.3 Å². The van der Waals surface area contributed by atoms with Crippen molar-refractivity contribution in [1.82, 2.24) is 15.0 Å². The van der Waals surface area contributed by atoms with Gasteiger partial charge in [0, 0.05) is 19.2 Å². The largest absolute Gasteiger partial charge is 0.478 e. The average Bonchev–Trinajstić information content (AvgIpc) is 2.64. The number of nitrogens with one attached hydrogen (secondary N) is 1. The van der Waals surface area contributed by atoms with Crippen LogP contribution in [0.1, 0.15) is 22.6 Å². The molecule has 6 nitrogen and oxygen atoms in total. The van der Waals surface area contributed by atoms with Crippen molar-refractivity contribution in [2.24, 2.45) is 0 Å². The molecular formula is C11H11N3O3. The van der Waals surface area contributed by atoms with Crippen LogP contribution in [0.25, 0.3) is 11.2 Å². The fraction of sp³-hybridized carbons (Fsp3) is 0.364. The molecule has 3 rings (SSSR count). The minimum absolute atomic E-state index is 0.160. The number of aromatic nitrogens is 3. The summed E-state index contributed by atoms with van der Waals surface area (Å²) < 4.78 is 5.32. The predicted molar refractivity (Wildman–Crippen MR) is 58.9 cm³/mol. The van der Waals surface area contributed by atoms with Gasteiger partial charge in [-0.3, -0.25) is 0 Å². The zero-order valence-corrected chi connectivity index (χ0v) is 9.01. The van der Waals surface area contributed by atoms with E-state index in [9.17, 15) is 4.79 Å². The molecule has 2 aromatic rings. The number of hydrogen-bond acceptors (Lipinski definition) is 4. The van der Waals surface area contributed by atoms with Crippen molar-refractivity contribution in [3.05, 3.63) is 23.7 Å². The van der Waals surface area contributed by atoms with Gasteiger partial charge in [0.1, 0.15) is 5.82 Å². The molecular weight excluding hydrogens is 222 g/mol. The van der Waals surface area contributed by atoms with Gasteiger partial charge in [-0.05, 0) is 12.5 Å². The van der Waals surface area contributed by atoms with Crippen LogP contribution in [0.3, 0.4) is 0 Å². The summed E-state index contributed by atoms with van der Waals surface area (Å²) in [5.74, 6) is -0.197. The van der Waals surface area contributed by atoms with E-state index >= 15 is 0 Å². The van der Waals surface area contributed by atoms with E-state index in [4.69, 9.17) is 9.84 Å². The molecule has 2 aromatic heterocycles. The van der Waals surface area contributed by atoms with Gasteiger partial charge < -0.3 is 14.8 Å². The first-order valence-corrected chi connectivity index (χ1v) is 5.42. The minimum atomic E-state index is -0.988. The van der Waals surface area contributed by atoms with Crippen LogP contribution in [-0.2, 0) is 11.2 Å². The number of rotatable bonds is 3. The zero-order chi connectivity index (χ0) is 11.8. The topological polar surface area (TPSA) is 88.1 Å². The Morgan fingerprint density at radius 3 is 3.12 bits per heavy atom. The first-order chi connectivity index (χ1) is 8.22. The SMILES string of the molecule is O=C(O)c1cnc2nc(CC3CCO3)[nH]c2c1. The number of carbonyl (C=O) groups is 1. The number of carboxylic acid groups (broad SMARTS) is 1. The van der Waals surface area contributed by atoms with Crippen LogP contribution in [0.5, 0.6) is 0 Å². The molecule has 0 spiro atoms. The number of aromatic amines is 1. The monoisotopic (exact) mass is 233 g/mol. The summed E-state index contributed by atoms with van der Waals surface area (Å²) in [4.78, 5) is 22.2. The van der Waals surface area contributed by atoms with E-state index in [-0.39, 0.29) is 11.7 Å². The van der Waals surface area contributed by atoms with E-state index < -0.39 is 5.97 Å². The smallest absolute Gasteiger partial charge is 0.337 e. The standard InChI is InChI=1S/C11H11N3O3/c15-11(16)6-3-8-10(12-5-6)14-9(13-8)4-7-1-2-17-7/h3,5,7H,1-2,4H2,(H,15,16)(H,12,13,14). The molecule has 1 unspecified atom stereocenters. The number of fused-ring (bicyclic) bond motifs is 1. The van der Waals surface area contributed by atoms with E-state index in [2.05, 4.69) is 15.0 Å². The van der Waals surface area contributed by atoms with Gasteiger partial charge in [-0.2, -0.15) is 0 Å². The molecule has 1 aliphatic rings. The van der Waals surface area contributed by atoms with Crippen molar-refractivity contribution < 1.29 is 14.6 Å². The van der Waals surface area contributed by atoms with Gasteiger partial charge in [-0.1, -0.05) is 0 Å². The fourth-order valence-electron chi connectivity index (χ4n) is 1.82. The Morgan fingerprint density at radius 1 is 1.65 bits per heavy atom. The first kappa shape index (κ1) is 10.2. The number of ether oxygens (including phenoxy) is 1. The van der Waals surface area contributed by atoms with Crippen molar-refractivity contribution >= 4 is 17.1 Å². The summed E-state index contributed by atoms with van der Waals surface area (Å²) >= 11 is 0. The highest BCUT2D eigenvalue weighted by molar-refractivity contribution is 5.90. The second kappa shape index (κ2) is 3.81. The maximum atomic E-state index is 10.8. The third-order valence-corrected chi connectivity index (χ3v) is 2.85. The van der Waals surface area contributed by atoms with Crippen molar-refractivity contribution in [1.29, 1.82) is 0 Å². The third-order valence-electron chi connectivity index (χ3n) is 2.85. The van der Waals surface area contributed by atoms with Gasteiger partial charge in [-0.25, -0.2) is 14.8 Å². The normalized spacial score (nSPS) is 19.2. The Hall–Kier alpha value is -1.95. The highest BCUT2D eigenvalue weighted by atomic mass is 16.5. The number of pyridine rings is 1. The summed E-state index contributed by atoms with van der Waals surface area (Å²) in [6, 6.07) is 1.54. The van der Waals surface area contributed by atoms with Crippen molar-refractivity contribution in [2.45, 2.75) is 18.9 Å². The summed E-state index contributed by atoms with van der Waals surface area (Å²) in [7, 11) is 0. The van der Waals surface area contributed by atoms with E-state index in [1.807, 2.05) is 0 Å². The Morgan fingerprint density at radius 2 is 2.47 bits per heavy atom. The lowest BCUT2D eigenvalue weighted by Gasteiger charge is -2.25. The van der Waals surface area contributed by atoms with Crippen LogP contribution in [0.2, 0.25) is 0 Å². The van der Waals surface area contributed by atoms with Crippen LogP contribution in [0.4, 0.5) is 0 Å². The van der Waals surface area contributed by atoms with Crippen LogP contribution in [-0.4, -0.2) is 38.7 Å². The number of nitrogens with zero attached hydrogens (tertiary/aromatic N) is 2. The van der Waals surface area contributed by atoms with Gasteiger partial charge in [-0.15, -0.1) is 0 Å². The Kier molecular flexibility index (Phi) is 2.29. The Labute approximate surface area is 96.6 Å². The Bertz CT molecular complexity index is 574. The molecule has 0 aliphatic carbocycles. The van der Waals surface area contributed by atoms with Crippen molar-refractivity contribution in [3.8, 4) is 0 Å². The number of aromatic carboxylic acids is 1. The summed E-state index contributed by atoms with van der Waals surface area (Å²) in [5.41, 5.74) is 1.36. The second-order valence-electron chi connectivity index (χ2n) is 4.07. The minimum Gasteiger partial charge on any atom is -0.478 e. The molecule has 17 heavy (non-hydrogen) atoms. The lowest BCUT2D eigenvalue weighted by Crippen LogP contribution is -2.29. The molecule has 2 N–H and O–H groups in total. The quantitative estimate of drug-likeness (QED) is 0.825. The van der Waals surface area contributed by atoms with E-state index in [0.717, 1.165) is 25.3 Å². The molecule has 1 atom stereocenters. The van der Waals surface area contributed by atoms with Gasteiger partial charge >= 0.3 is 5.97 Å². The number of imidazole rings is 1. The molecule has 0 aromatic carbocycles. The van der Waals surface area contributed by atoms with E-state index in [0.29, 0.717) is 11.2 Å². The summed E-state index contributed by atoms with van der Waals surface area (Å²) in [6.45, 7) is 0.812. The van der Waals surface area contributed by atoms with Gasteiger partial charge in [0.15, 0.2) is 5.65 Å². The lowest BCUT2D eigenvalue weighted by atomic mass is 10.1. The number of carboxylic acids is 1. The molecule has 88 valence electrons.